The molecule has 0 spiro atoms. The summed E-state index contributed by atoms with van der Waals surface area (Å²) < 4.78 is 13.2. The van der Waals surface area contributed by atoms with Crippen molar-refractivity contribution in [3.63, 3.8) is 0 Å². The smallest absolute Gasteiger partial charge is 0.277 e. The van der Waals surface area contributed by atoms with E-state index in [1.165, 1.54) is 17.0 Å². The van der Waals surface area contributed by atoms with Gasteiger partial charge in [-0.25, -0.2) is 4.39 Å². The number of rotatable bonds is 7. The lowest BCUT2D eigenvalue weighted by Crippen LogP contribution is -2.48. The third-order valence-corrected chi connectivity index (χ3v) is 6.58. The molecule has 0 aromatic heterocycles. The van der Waals surface area contributed by atoms with Gasteiger partial charge in [0.05, 0.1) is 12.2 Å². The number of piperazine rings is 1. The van der Waals surface area contributed by atoms with Gasteiger partial charge < -0.3 is 10.0 Å². The lowest BCUT2D eigenvalue weighted by Gasteiger charge is -2.36. The normalized spacial score (nSPS) is 17.5. The summed E-state index contributed by atoms with van der Waals surface area (Å²) >= 11 is 0. The third kappa shape index (κ3) is 4.84. The highest BCUT2D eigenvalue weighted by Gasteiger charge is 2.41. The first-order valence-electron chi connectivity index (χ1n) is 11.4. The zero-order chi connectivity index (χ0) is 23.5. The summed E-state index contributed by atoms with van der Waals surface area (Å²) in [6, 6.07) is 12.0. The average molecular weight is 452 g/mol. The molecule has 0 atom stereocenters. The number of aliphatic hydroxyl groups is 1. The fourth-order valence-electron chi connectivity index (χ4n) is 4.45. The van der Waals surface area contributed by atoms with Crippen molar-refractivity contribution in [3.05, 3.63) is 76.2 Å². The monoisotopic (exact) mass is 451 g/mol. The number of carbonyl (C=O) groups excluding carboxylic acids is 2. The second kappa shape index (κ2) is 9.85. The predicted octanol–water partition coefficient (Wildman–Crippen LogP) is 2.38. The van der Waals surface area contributed by atoms with Crippen LogP contribution in [0.1, 0.15) is 22.3 Å². The molecule has 2 aromatic carbocycles. The number of benzene rings is 2. The van der Waals surface area contributed by atoms with E-state index in [1.807, 2.05) is 36.9 Å². The van der Waals surface area contributed by atoms with Crippen LogP contribution in [0, 0.1) is 19.7 Å². The minimum atomic E-state index is -0.312. The molecule has 7 heteroatoms. The maximum absolute atomic E-state index is 13.5. The largest absolute Gasteiger partial charge is 0.395 e. The second-order valence-corrected chi connectivity index (χ2v) is 8.71. The van der Waals surface area contributed by atoms with Crippen molar-refractivity contribution >= 4 is 17.4 Å². The van der Waals surface area contributed by atoms with E-state index in [-0.39, 0.29) is 30.8 Å². The van der Waals surface area contributed by atoms with Crippen LogP contribution in [0.25, 0.3) is 5.57 Å². The van der Waals surface area contributed by atoms with Gasteiger partial charge in [0.2, 0.25) is 0 Å². The molecule has 1 saturated heterocycles. The van der Waals surface area contributed by atoms with Gasteiger partial charge in [0, 0.05) is 39.3 Å². The van der Waals surface area contributed by atoms with E-state index in [4.69, 9.17) is 0 Å². The van der Waals surface area contributed by atoms with E-state index in [0.29, 0.717) is 37.3 Å². The van der Waals surface area contributed by atoms with E-state index in [2.05, 4.69) is 4.90 Å². The molecule has 2 aliphatic rings. The van der Waals surface area contributed by atoms with Gasteiger partial charge in [-0.15, -0.1) is 0 Å². The lowest BCUT2D eigenvalue weighted by atomic mass is 9.99. The zero-order valence-corrected chi connectivity index (χ0v) is 19.2. The average Bonchev–Trinajstić information content (AvgIpc) is 3.06. The Labute approximate surface area is 193 Å². The first kappa shape index (κ1) is 23.1. The van der Waals surface area contributed by atoms with Crippen LogP contribution in [-0.2, 0) is 16.0 Å². The topological polar surface area (TPSA) is 64.1 Å². The van der Waals surface area contributed by atoms with Crippen LogP contribution in [0.15, 0.2) is 48.2 Å². The molecule has 0 saturated carbocycles. The van der Waals surface area contributed by atoms with Gasteiger partial charge in [0.15, 0.2) is 0 Å². The molecule has 2 heterocycles. The molecular weight excluding hydrogens is 421 g/mol. The maximum atomic E-state index is 13.5. The van der Waals surface area contributed by atoms with Gasteiger partial charge in [-0.05, 0) is 54.7 Å². The molecule has 6 nitrogen and oxygen atoms in total. The van der Waals surface area contributed by atoms with Crippen molar-refractivity contribution in [2.24, 2.45) is 0 Å². The number of aliphatic hydroxyl groups excluding tert-OH is 1. The highest BCUT2D eigenvalue weighted by Crippen LogP contribution is 2.33. The van der Waals surface area contributed by atoms with Crippen molar-refractivity contribution in [1.29, 1.82) is 0 Å². The number of imide groups is 1. The number of halogens is 1. The number of aryl methyl sites for hydroxylation is 2. The van der Waals surface area contributed by atoms with Gasteiger partial charge in [-0.1, -0.05) is 30.3 Å². The van der Waals surface area contributed by atoms with Gasteiger partial charge in [0.25, 0.3) is 11.8 Å². The molecular formula is C26H30FN3O3. The molecule has 2 aromatic rings. The molecule has 2 aliphatic heterocycles. The molecule has 174 valence electrons. The Morgan fingerprint density at radius 3 is 2.21 bits per heavy atom. The first-order valence-corrected chi connectivity index (χ1v) is 11.4. The predicted molar refractivity (Wildman–Crippen MR) is 125 cm³/mol. The van der Waals surface area contributed by atoms with E-state index in [0.717, 1.165) is 35.3 Å². The number of amides is 2. The van der Waals surface area contributed by atoms with Crippen LogP contribution in [0.4, 0.5) is 4.39 Å². The van der Waals surface area contributed by atoms with Crippen molar-refractivity contribution in [2.45, 2.75) is 20.3 Å². The molecule has 33 heavy (non-hydrogen) atoms. The molecule has 0 unspecified atom stereocenters. The summed E-state index contributed by atoms with van der Waals surface area (Å²) in [6.45, 7) is 7.65. The number of nitrogens with zero attached hydrogens (tertiary/aromatic N) is 3. The summed E-state index contributed by atoms with van der Waals surface area (Å²) in [7, 11) is 0. The molecule has 2 amide bonds. The third-order valence-electron chi connectivity index (χ3n) is 6.58. The summed E-state index contributed by atoms with van der Waals surface area (Å²) in [5.41, 5.74) is 4.74. The Morgan fingerprint density at radius 1 is 0.879 bits per heavy atom. The lowest BCUT2D eigenvalue weighted by molar-refractivity contribution is -0.137. The first-order chi connectivity index (χ1) is 15.9. The summed E-state index contributed by atoms with van der Waals surface area (Å²) in [6.07, 6.45) is 0.468. The summed E-state index contributed by atoms with van der Waals surface area (Å²) in [5.74, 6) is -0.863. The van der Waals surface area contributed by atoms with Crippen LogP contribution in [-0.4, -0.2) is 77.5 Å². The van der Waals surface area contributed by atoms with Crippen LogP contribution in [0.5, 0.6) is 0 Å². The number of carbonyl (C=O) groups is 2. The van der Waals surface area contributed by atoms with E-state index >= 15 is 0 Å². The zero-order valence-electron chi connectivity index (χ0n) is 19.2. The van der Waals surface area contributed by atoms with Gasteiger partial charge in [-0.2, -0.15) is 0 Å². The van der Waals surface area contributed by atoms with Gasteiger partial charge in [0.1, 0.15) is 11.5 Å². The maximum Gasteiger partial charge on any atom is 0.277 e. The van der Waals surface area contributed by atoms with Crippen LogP contribution < -0.4 is 0 Å². The highest BCUT2D eigenvalue weighted by atomic mass is 19.1. The Morgan fingerprint density at radius 2 is 1.58 bits per heavy atom. The van der Waals surface area contributed by atoms with E-state index in [1.54, 1.807) is 12.1 Å². The quantitative estimate of drug-likeness (QED) is 0.655. The van der Waals surface area contributed by atoms with E-state index in [9.17, 15) is 19.1 Å². The Kier molecular flexibility index (Phi) is 6.91. The van der Waals surface area contributed by atoms with Crippen molar-refractivity contribution in [2.75, 3.05) is 45.9 Å². The molecule has 4 rings (SSSR count). The van der Waals surface area contributed by atoms with Crippen LogP contribution in [0.2, 0.25) is 0 Å². The highest BCUT2D eigenvalue weighted by molar-refractivity contribution is 6.35. The molecule has 0 aliphatic carbocycles. The van der Waals surface area contributed by atoms with Crippen LogP contribution in [0.3, 0.4) is 0 Å². The molecule has 0 radical (unpaired) electrons. The Hall–Kier alpha value is -3.03. The fourth-order valence-corrected chi connectivity index (χ4v) is 4.45. The molecule has 1 fully saturated rings. The van der Waals surface area contributed by atoms with Crippen molar-refractivity contribution in [1.82, 2.24) is 14.7 Å². The standard InChI is InChI=1S/C26H30FN3O3/c1-18-3-6-21(17-19(18)2)23-24(29-13-11-28(12-14-29)15-16-31)26(33)30(25(23)32)10-9-20-4-7-22(27)8-5-20/h3-8,17,31H,9-16H2,1-2H3. The van der Waals surface area contributed by atoms with E-state index < -0.39 is 0 Å². The number of hydrogen-bond acceptors (Lipinski definition) is 5. The SMILES string of the molecule is Cc1ccc(C2=C(N3CCN(CCO)CC3)C(=O)N(CCc3ccc(F)cc3)C2=O)cc1C. The molecule has 0 bridgehead atoms. The van der Waals surface area contributed by atoms with Gasteiger partial charge >= 0.3 is 0 Å². The fraction of sp³-hybridized carbons (Fsp3) is 0.385. The van der Waals surface area contributed by atoms with Crippen molar-refractivity contribution < 1.29 is 19.1 Å². The Balaban J connectivity index is 1.62. The second-order valence-electron chi connectivity index (χ2n) is 8.71. The Bertz CT molecular complexity index is 1070. The number of β-amino-alcohol motifs (C(OH)–C–C–N with tert-alkyl or cyclic N) is 1. The minimum Gasteiger partial charge on any atom is -0.395 e. The number of hydrogen-bond donors (Lipinski definition) is 1. The summed E-state index contributed by atoms with van der Waals surface area (Å²) in [5, 5.41) is 9.22. The minimum absolute atomic E-state index is 0.102. The molecule has 1 N–H and O–H groups in total. The summed E-state index contributed by atoms with van der Waals surface area (Å²) in [4.78, 5) is 32.5. The van der Waals surface area contributed by atoms with Crippen molar-refractivity contribution in [3.8, 4) is 0 Å². The van der Waals surface area contributed by atoms with Crippen LogP contribution >= 0.6 is 0 Å². The van der Waals surface area contributed by atoms with Gasteiger partial charge in [-0.3, -0.25) is 19.4 Å².